The Labute approximate surface area is 126 Å². The molecule has 0 bridgehead atoms. The molecule has 1 aromatic heterocycles. The number of aliphatic carboxylic acids is 1. The molecule has 0 radical (unpaired) electrons. The van der Waals surface area contributed by atoms with Crippen molar-refractivity contribution in [3.8, 4) is 0 Å². The Bertz CT molecular complexity index is 780. The monoisotopic (exact) mass is 300 g/mol. The number of carboxylic acid groups (broad SMARTS) is 1. The molecule has 0 amide bonds. The van der Waals surface area contributed by atoms with Crippen molar-refractivity contribution in [2.24, 2.45) is 0 Å². The van der Waals surface area contributed by atoms with Gasteiger partial charge in [0.15, 0.2) is 0 Å². The normalized spacial score (nSPS) is 12.4. The fourth-order valence-electron chi connectivity index (χ4n) is 2.47. The van der Waals surface area contributed by atoms with E-state index < -0.39 is 5.97 Å². The van der Waals surface area contributed by atoms with Crippen molar-refractivity contribution in [1.82, 2.24) is 10.2 Å². The van der Waals surface area contributed by atoms with Gasteiger partial charge in [0.1, 0.15) is 0 Å². The van der Waals surface area contributed by atoms with Crippen LogP contribution in [-0.4, -0.2) is 21.3 Å². The number of hydrogen-bond donors (Lipinski definition) is 2. The van der Waals surface area contributed by atoms with Gasteiger partial charge in [-0.3, -0.25) is 9.89 Å². The molecule has 0 saturated heterocycles. The molecular formula is C16H13ClN2O2. The van der Waals surface area contributed by atoms with E-state index in [1.807, 2.05) is 30.3 Å². The summed E-state index contributed by atoms with van der Waals surface area (Å²) in [4.78, 5) is 11.2. The van der Waals surface area contributed by atoms with E-state index >= 15 is 0 Å². The quantitative estimate of drug-likeness (QED) is 0.769. The van der Waals surface area contributed by atoms with Gasteiger partial charge >= 0.3 is 5.97 Å². The number of hydrogen-bond acceptors (Lipinski definition) is 2. The molecule has 1 atom stereocenters. The molecule has 0 saturated carbocycles. The summed E-state index contributed by atoms with van der Waals surface area (Å²) in [6, 6.07) is 13.1. The fourth-order valence-corrected chi connectivity index (χ4v) is 2.60. The minimum atomic E-state index is -0.834. The molecule has 0 aliphatic carbocycles. The molecule has 1 heterocycles. The van der Waals surface area contributed by atoms with Crippen LogP contribution >= 0.6 is 11.6 Å². The molecule has 0 aliphatic rings. The van der Waals surface area contributed by atoms with Gasteiger partial charge in [0.05, 0.1) is 18.1 Å². The third-order valence-electron chi connectivity index (χ3n) is 3.52. The molecule has 3 rings (SSSR count). The third-order valence-corrected chi connectivity index (χ3v) is 3.77. The summed E-state index contributed by atoms with van der Waals surface area (Å²) >= 11 is 5.90. The molecule has 0 spiro atoms. The number of benzene rings is 2. The van der Waals surface area contributed by atoms with Crippen LogP contribution in [0.15, 0.2) is 48.7 Å². The fraction of sp³-hybridized carbons (Fsp3) is 0.125. The lowest BCUT2D eigenvalue weighted by Gasteiger charge is -2.16. The molecule has 2 N–H and O–H groups in total. The molecule has 3 aromatic rings. The van der Waals surface area contributed by atoms with Gasteiger partial charge in [0.25, 0.3) is 0 Å². The summed E-state index contributed by atoms with van der Waals surface area (Å²) in [5.74, 6) is -1.05. The highest BCUT2D eigenvalue weighted by molar-refractivity contribution is 6.30. The zero-order valence-corrected chi connectivity index (χ0v) is 11.8. The first-order valence-electron chi connectivity index (χ1n) is 6.54. The number of aromatic nitrogens is 2. The van der Waals surface area contributed by atoms with Gasteiger partial charge in [-0.2, -0.15) is 5.10 Å². The summed E-state index contributed by atoms with van der Waals surface area (Å²) in [5.41, 5.74) is 2.77. The van der Waals surface area contributed by atoms with E-state index in [1.54, 1.807) is 18.3 Å². The first kappa shape index (κ1) is 13.6. The van der Waals surface area contributed by atoms with Crippen molar-refractivity contribution in [3.05, 3.63) is 64.8 Å². The number of halogens is 1. The van der Waals surface area contributed by atoms with E-state index in [4.69, 9.17) is 11.6 Å². The van der Waals surface area contributed by atoms with Gasteiger partial charge in [0, 0.05) is 16.3 Å². The van der Waals surface area contributed by atoms with Crippen molar-refractivity contribution in [1.29, 1.82) is 0 Å². The number of rotatable bonds is 4. The van der Waals surface area contributed by atoms with Crippen molar-refractivity contribution in [2.45, 2.75) is 12.3 Å². The largest absolute Gasteiger partial charge is 0.481 e. The van der Waals surface area contributed by atoms with E-state index in [-0.39, 0.29) is 12.3 Å². The second-order valence-corrected chi connectivity index (χ2v) is 5.36. The van der Waals surface area contributed by atoms with Crippen LogP contribution in [0.2, 0.25) is 5.02 Å². The molecule has 0 fully saturated rings. The lowest BCUT2D eigenvalue weighted by Crippen LogP contribution is -2.08. The average Bonchev–Trinajstić information content (AvgIpc) is 2.93. The predicted octanol–water partition coefficient (Wildman–Crippen LogP) is 3.82. The molecule has 0 aliphatic heterocycles. The Morgan fingerprint density at radius 1 is 1.19 bits per heavy atom. The highest BCUT2D eigenvalue weighted by Crippen LogP contribution is 2.30. The summed E-state index contributed by atoms with van der Waals surface area (Å²) < 4.78 is 0. The van der Waals surface area contributed by atoms with Crippen LogP contribution in [0.3, 0.4) is 0 Å². The average molecular weight is 301 g/mol. The summed E-state index contributed by atoms with van der Waals surface area (Å²) in [5, 5.41) is 17.7. The number of carbonyl (C=O) groups is 1. The zero-order valence-electron chi connectivity index (χ0n) is 11.1. The van der Waals surface area contributed by atoms with E-state index in [0.717, 1.165) is 22.0 Å². The highest BCUT2D eigenvalue weighted by atomic mass is 35.5. The van der Waals surface area contributed by atoms with Crippen LogP contribution in [0.1, 0.15) is 23.5 Å². The van der Waals surface area contributed by atoms with Crippen molar-refractivity contribution < 1.29 is 9.90 Å². The van der Waals surface area contributed by atoms with E-state index in [1.165, 1.54) is 0 Å². The molecule has 21 heavy (non-hydrogen) atoms. The van der Waals surface area contributed by atoms with Crippen LogP contribution in [0.25, 0.3) is 10.9 Å². The summed E-state index contributed by atoms with van der Waals surface area (Å²) in [7, 11) is 0. The van der Waals surface area contributed by atoms with Crippen LogP contribution in [0.4, 0.5) is 0 Å². The number of aromatic amines is 1. The number of fused-ring (bicyclic) bond motifs is 1. The first-order valence-corrected chi connectivity index (χ1v) is 6.91. The van der Waals surface area contributed by atoms with E-state index in [2.05, 4.69) is 10.2 Å². The van der Waals surface area contributed by atoms with Gasteiger partial charge in [-0.25, -0.2) is 0 Å². The Hall–Kier alpha value is -2.33. The summed E-state index contributed by atoms with van der Waals surface area (Å²) in [6.45, 7) is 0. The topological polar surface area (TPSA) is 66.0 Å². The number of carboxylic acids is 1. The van der Waals surface area contributed by atoms with Gasteiger partial charge in [-0.1, -0.05) is 35.9 Å². The minimum absolute atomic E-state index is 0.0290. The highest BCUT2D eigenvalue weighted by Gasteiger charge is 2.18. The van der Waals surface area contributed by atoms with Gasteiger partial charge in [0.2, 0.25) is 0 Å². The maximum atomic E-state index is 11.2. The first-order chi connectivity index (χ1) is 10.1. The van der Waals surface area contributed by atoms with Crippen molar-refractivity contribution >= 4 is 28.5 Å². The van der Waals surface area contributed by atoms with E-state index in [0.29, 0.717) is 5.02 Å². The lowest BCUT2D eigenvalue weighted by molar-refractivity contribution is -0.137. The Balaban J connectivity index is 2.05. The maximum Gasteiger partial charge on any atom is 0.304 e. The summed E-state index contributed by atoms with van der Waals surface area (Å²) in [6.07, 6.45) is 1.77. The predicted molar refractivity (Wildman–Crippen MR) is 81.6 cm³/mol. The number of H-pyrrole nitrogens is 1. The molecule has 106 valence electrons. The standard InChI is InChI=1S/C16H13ClN2O2/c17-13-5-3-10(4-6-13)14(8-16(20)21)11-1-2-12-9-18-19-15(12)7-11/h1-7,9,14H,8H2,(H,18,19)(H,20,21). The van der Waals surface area contributed by atoms with Gasteiger partial charge in [-0.15, -0.1) is 0 Å². The molecule has 5 heteroatoms. The SMILES string of the molecule is O=C(O)CC(c1ccc(Cl)cc1)c1ccc2cn[nH]c2c1. The molecule has 4 nitrogen and oxygen atoms in total. The number of nitrogens with one attached hydrogen (secondary N) is 1. The zero-order chi connectivity index (χ0) is 14.8. The van der Waals surface area contributed by atoms with E-state index in [9.17, 15) is 9.90 Å². The Morgan fingerprint density at radius 2 is 1.90 bits per heavy atom. The number of nitrogens with zero attached hydrogens (tertiary/aromatic N) is 1. The van der Waals surface area contributed by atoms with Crippen LogP contribution in [-0.2, 0) is 4.79 Å². The Kier molecular flexibility index (Phi) is 3.62. The van der Waals surface area contributed by atoms with Crippen molar-refractivity contribution in [3.63, 3.8) is 0 Å². The second-order valence-electron chi connectivity index (χ2n) is 4.92. The van der Waals surface area contributed by atoms with Crippen LogP contribution < -0.4 is 0 Å². The molecule has 2 aromatic carbocycles. The maximum absolute atomic E-state index is 11.2. The van der Waals surface area contributed by atoms with Crippen LogP contribution in [0, 0.1) is 0 Å². The second kappa shape index (κ2) is 5.58. The molecule has 1 unspecified atom stereocenters. The minimum Gasteiger partial charge on any atom is -0.481 e. The van der Waals surface area contributed by atoms with Crippen molar-refractivity contribution in [2.75, 3.05) is 0 Å². The van der Waals surface area contributed by atoms with Gasteiger partial charge < -0.3 is 5.11 Å². The smallest absolute Gasteiger partial charge is 0.304 e. The third kappa shape index (κ3) is 2.90. The molecular weight excluding hydrogens is 288 g/mol. The lowest BCUT2D eigenvalue weighted by atomic mass is 9.88. The van der Waals surface area contributed by atoms with Crippen LogP contribution in [0.5, 0.6) is 0 Å². The van der Waals surface area contributed by atoms with Gasteiger partial charge in [-0.05, 0) is 29.3 Å². The Morgan fingerprint density at radius 3 is 2.62 bits per heavy atom.